The van der Waals surface area contributed by atoms with Crippen molar-refractivity contribution in [1.29, 1.82) is 0 Å². The molecule has 20 heavy (non-hydrogen) atoms. The van der Waals surface area contributed by atoms with Crippen molar-refractivity contribution in [1.82, 2.24) is 15.3 Å². The summed E-state index contributed by atoms with van der Waals surface area (Å²) in [5.74, 6) is 2.22. The molecule has 0 radical (unpaired) electrons. The molecule has 1 saturated carbocycles. The van der Waals surface area contributed by atoms with Gasteiger partial charge >= 0.3 is 0 Å². The summed E-state index contributed by atoms with van der Waals surface area (Å²) in [5, 5.41) is 3.43. The Labute approximate surface area is 122 Å². The summed E-state index contributed by atoms with van der Waals surface area (Å²) < 4.78 is 5.37. The van der Waals surface area contributed by atoms with Gasteiger partial charge in [0.2, 0.25) is 5.88 Å². The van der Waals surface area contributed by atoms with Crippen molar-refractivity contribution in [2.75, 3.05) is 14.2 Å². The van der Waals surface area contributed by atoms with Gasteiger partial charge in [-0.05, 0) is 31.7 Å². The summed E-state index contributed by atoms with van der Waals surface area (Å²) in [4.78, 5) is 8.78. The number of methoxy groups -OCH3 is 1. The molecule has 0 bridgehead atoms. The predicted molar refractivity (Wildman–Crippen MR) is 80.7 cm³/mol. The van der Waals surface area contributed by atoms with Crippen LogP contribution < -0.4 is 10.1 Å². The monoisotopic (exact) mass is 277 g/mol. The molecular formula is C16H27N3O. The van der Waals surface area contributed by atoms with Crippen LogP contribution in [0.2, 0.25) is 0 Å². The minimum atomic E-state index is 0.251. The van der Waals surface area contributed by atoms with Gasteiger partial charge in [-0.2, -0.15) is 0 Å². The minimum absolute atomic E-state index is 0.251. The Kier molecular flexibility index (Phi) is 5.77. The Morgan fingerprint density at radius 2 is 1.95 bits per heavy atom. The molecule has 1 aliphatic rings. The highest BCUT2D eigenvalue weighted by atomic mass is 16.5. The Balaban J connectivity index is 2.06. The van der Waals surface area contributed by atoms with Gasteiger partial charge in [0.15, 0.2) is 0 Å². The molecular weight excluding hydrogens is 250 g/mol. The zero-order valence-electron chi connectivity index (χ0n) is 12.9. The fourth-order valence-corrected chi connectivity index (χ4v) is 3.52. The van der Waals surface area contributed by atoms with E-state index in [0.717, 1.165) is 11.6 Å². The minimum Gasteiger partial charge on any atom is -0.480 e. The topological polar surface area (TPSA) is 47.0 Å². The van der Waals surface area contributed by atoms with Gasteiger partial charge in [-0.25, -0.2) is 4.98 Å². The Morgan fingerprint density at radius 1 is 1.25 bits per heavy atom. The first-order valence-corrected chi connectivity index (χ1v) is 7.82. The average Bonchev–Trinajstić information content (AvgIpc) is 2.50. The molecule has 1 heterocycles. The molecule has 4 nitrogen and oxygen atoms in total. The van der Waals surface area contributed by atoms with Crippen LogP contribution in [0, 0.1) is 11.8 Å². The van der Waals surface area contributed by atoms with Crippen LogP contribution in [-0.4, -0.2) is 24.1 Å². The summed E-state index contributed by atoms with van der Waals surface area (Å²) in [6.07, 6.45) is 11.4. The van der Waals surface area contributed by atoms with Crippen LogP contribution in [0.4, 0.5) is 0 Å². The number of rotatable bonds is 6. The normalized spacial score (nSPS) is 24.4. The lowest BCUT2D eigenvalue weighted by Gasteiger charge is -2.33. The van der Waals surface area contributed by atoms with E-state index in [9.17, 15) is 0 Å². The number of hydrogen-bond acceptors (Lipinski definition) is 4. The predicted octanol–water partition coefficient (Wildman–Crippen LogP) is 3.35. The largest absolute Gasteiger partial charge is 0.480 e. The molecule has 0 spiro atoms. The van der Waals surface area contributed by atoms with Gasteiger partial charge in [0, 0.05) is 12.4 Å². The van der Waals surface area contributed by atoms with Gasteiger partial charge in [0.25, 0.3) is 0 Å². The third-order valence-electron chi connectivity index (χ3n) is 4.55. The molecule has 2 rings (SSSR count). The van der Waals surface area contributed by atoms with Crippen LogP contribution in [0.5, 0.6) is 5.88 Å². The van der Waals surface area contributed by atoms with Crippen molar-refractivity contribution >= 4 is 0 Å². The molecule has 0 amide bonds. The average molecular weight is 277 g/mol. The van der Waals surface area contributed by atoms with E-state index in [1.54, 1.807) is 19.5 Å². The maximum atomic E-state index is 5.37. The number of ether oxygens (including phenoxy) is 1. The van der Waals surface area contributed by atoms with E-state index in [1.807, 2.05) is 7.05 Å². The van der Waals surface area contributed by atoms with Crippen molar-refractivity contribution in [2.45, 2.75) is 51.5 Å². The molecule has 0 aliphatic heterocycles. The van der Waals surface area contributed by atoms with Crippen LogP contribution in [-0.2, 0) is 0 Å². The third-order valence-corrected chi connectivity index (χ3v) is 4.55. The molecule has 112 valence electrons. The zero-order chi connectivity index (χ0) is 14.4. The van der Waals surface area contributed by atoms with E-state index in [2.05, 4.69) is 22.2 Å². The third kappa shape index (κ3) is 3.48. The van der Waals surface area contributed by atoms with E-state index >= 15 is 0 Å². The number of nitrogens with one attached hydrogen (secondary N) is 1. The van der Waals surface area contributed by atoms with Crippen molar-refractivity contribution < 1.29 is 4.74 Å². The molecule has 1 aromatic heterocycles. The number of nitrogens with zero attached hydrogens (tertiary/aromatic N) is 2. The van der Waals surface area contributed by atoms with E-state index in [1.165, 1.54) is 38.5 Å². The molecule has 4 heteroatoms. The molecule has 1 N–H and O–H groups in total. The van der Waals surface area contributed by atoms with Gasteiger partial charge < -0.3 is 10.1 Å². The summed E-state index contributed by atoms with van der Waals surface area (Å²) in [5.41, 5.74) is 0.955. The maximum absolute atomic E-state index is 5.37. The fourth-order valence-electron chi connectivity index (χ4n) is 3.52. The summed E-state index contributed by atoms with van der Waals surface area (Å²) in [7, 11) is 3.68. The zero-order valence-corrected chi connectivity index (χ0v) is 12.9. The van der Waals surface area contributed by atoms with Crippen molar-refractivity contribution in [3.8, 4) is 5.88 Å². The molecule has 1 aliphatic carbocycles. The van der Waals surface area contributed by atoms with Gasteiger partial charge in [-0.3, -0.25) is 4.98 Å². The van der Waals surface area contributed by atoms with Gasteiger partial charge in [-0.15, -0.1) is 0 Å². The Bertz CT molecular complexity index is 402. The first kappa shape index (κ1) is 15.2. The van der Waals surface area contributed by atoms with Crippen molar-refractivity contribution in [3.63, 3.8) is 0 Å². The first-order chi connectivity index (χ1) is 9.80. The van der Waals surface area contributed by atoms with E-state index in [4.69, 9.17) is 4.74 Å². The highest BCUT2D eigenvalue weighted by molar-refractivity contribution is 5.22. The van der Waals surface area contributed by atoms with Crippen LogP contribution in [0.25, 0.3) is 0 Å². The second kappa shape index (κ2) is 7.58. The Hall–Kier alpha value is -1.16. The van der Waals surface area contributed by atoms with Crippen molar-refractivity contribution in [3.05, 3.63) is 18.1 Å². The second-order valence-corrected chi connectivity index (χ2v) is 5.79. The summed E-state index contributed by atoms with van der Waals surface area (Å²) in [6, 6.07) is 0.251. The van der Waals surface area contributed by atoms with E-state index < -0.39 is 0 Å². The smallest absolute Gasteiger partial charge is 0.237 e. The van der Waals surface area contributed by atoms with Gasteiger partial charge in [0.1, 0.15) is 5.69 Å². The molecule has 1 fully saturated rings. The number of aromatic nitrogens is 2. The highest BCUT2D eigenvalue weighted by Crippen LogP contribution is 2.39. The van der Waals surface area contributed by atoms with Gasteiger partial charge in [0.05, 0.1) is 13.2 Å². The maximum Gasteiger partial charge on any atom is 0.237 e. The van der Waals surface area contributed by atoms with Crippen LogP contribution in [0.15, 0.2) is 12.4 Å². The lowest BCUT2D eigenvalue weighted by Crippen LogP contribution is -2.30. The standard InChI is InChI=1S/C16H27N3O/c1-4-5-12-6-8-13(9-7-12)14(17-2)15-16(20-3)19-11-10-18-15/h10-14,17H,4-9H2,1-3H3. The van der Waals surface area contributed by atoms with Gasteiger partial charge in [-0.1, -0.05) is 32.6 Å². The van der Waals surface area contributed by atoms with E-state index in [0.29, 0.717) is 11.8 Å². The second-order valence-electron chi connectivity index (χ2n) is 5.79. The summed E-state index contributed by atoms with van der Waals surface area (Å²) >= 11 is 0. The molecule has 0 aromatic carbocycles. The first-order valence-electron chi connectivity index (χ1n) is 7.82. The fraction of sp³-hybridized carbons (Fsp3) is 0.750. The molecule has 1 unspecified atom stereocenters. The van der Waals surface area contributed by atoms with Crippen LogP contribution in [0.1, 0.15) is 57.2 Å². The van der Waals surface area contributed by atoms with Crippen molar-refractivity contribution in [2.24, 2.45) is 11.8 Å². The van der Waals surface area contributed by atoms with E-state index in [-0.39, 0.29) is 6.04 Å². The molecule has 1 aromatic rings. The van der Waals surface area contributed by atoms with Crippen LogP contribution >= 0.6 is 0 Å². The van der Waals surface area contributed by atoms with Crippen LogP contribution in [0.3, 0.4) is 0 Å². The lowest BCUT2D eigenvalue weighted by atomic mass is 9.76. The quantitative estimate of drug-likeness (QED) is 0.866. The molecule has 1 atom stereocenters. The lowest BCUT2D eigenvalue weighted by molar-refractivity contribution is 0.214. The highest BCUT2D eigenvalue weighted by Gasteiger charge is 2.30. The SMILES string of the molecule is CCCC1CCC(C(NC)c2nccnc2OC)CC1. The number of hydrogen-bond donors (Lipinski definition) is 1. The molecule has 0 saturated heterocycles. The summed E-state index contributed by atoms with van der Waals surface area (Å²) in [6.45, 7) is 2.28. The Morgan fingerprint density at radius 3 is 2.55 bits per heavy atom.